The maximum atomic E-state index is 4.28. The van der Waals surface area contributed by atoms with Gasteiger partial charge in [0, 0.05) is 18.8 Å². The van der Waals surface area contributed by atoms with E-state index in [4.69, 9.17) is 0 Å². The van der Waals surface area contributed by atoms with Crippen LogP contribution in [0.5, 0.6) is 0 Å². The highest BCUT2D eigenvalue weighted by Gasteiger charge is 2.25. The maximum Gasteiger partial charge on any atom is 0.0951 e. The first-order chi connectivity index (χ1) is 8.83. The van der Waals surface area contributed by atoms with Gasteiger partial charge >= 0.3 is 0 Å². The molecule has 0 radical (unpaired) electrons. The van der Waals surface area contributed by atoms with Crippen molar-refractivity contribution >= 4 is 0 Å². The first kappa shape index (κ1) is 12.2. The highest BCUT2D eigenvalue weighted by atomic mass is 15.1. The molecule has 0 spiro atoms. The molecule has 100 valence electrons. The van der Waals surface area contributed by atoms with E-state index in [9.17, 15) is 0 Å². The van der Waals surface area contributed by atoms with Gasteiger partial charge in [-0.15, -0.1) is 0 Å². The molecule has 3 heteroatoms. The number of hydrogen-bond donors (Lipinski definition) is 1. The summed E-state index contributed by atoms with van der Waals surface area (Å²) in [5, 5.41) is 3.63. The Morgan fingerprint density at radius 1 is 1.22 bits per heavy atom. The van der Waals surface area contributed by atoms with Gasteiger partial charge in [-0.25, -0.2) is 4.98 Å². The molecule has 2 aliphatic carbocycles. The van der Waals surface area contributed by atoms with Crippen LogP contribution in [-0.4, -0.2) is 16.1 Å². The van der Waals surface area contributed by atoms with Crippen molar-refractivity contribution in [2.24, 2.45) is 11.8 Å². The number of imidazole rings is 1. The summed E-state index contributed by atoms with van der Waals surface area (Å²) >= 11 is 0. The molecule has 0 saturated heterocycles. The molecule has 0 aromatic carbocycles. The Bertz CT molecular complexity index is 373. The lowest BCUT2D eigenvalue weighted by molar-refractivity contribution is 0.281. The lowest BCUT2D eigenvalue weighted by atomic mass is 9.83. The summed E-state index contributed by atoms with van der Waals surface area (Å²) in [6, 6.07) is 0.750. The molecule has 3 nitrogen and oxygen atoms in total. The van der Waals surface area contributed by atoms with Crippen molar-refractivity contribution in [3.63, 3.8) is 0 Å². The highest BCUT2D eigenvalue weighted by molar-refractivity contribution is 5.03. The number of hydrogen-bond acceptors (Lipinski definition) is 2. The fraction of sp³-hybridized carbons (Fsp3) is 0.800. The predicted molar refractivity (Wildman–Crippen MR) is 73.3 cm³/mol. The second-order valence-corrected chi connectivity index (χ2v) is 6.28. The van der Waals surface area contributed by atoms with Crippen LogP contribution in [0.4, 0.5) is 0 Å². The van der Waals surface area contributed by atoms with Crippen molar-refractivity contribution in [1.82, 2.24) is 14.9 Å². The first-order valence-corrected chi connectivity index (χ1v) is 7.54. The second-order valence-electron chi connectivity index (χ2n) is 6.28. The number of nitrogens with one attached hydrogen (secondary N) is 1. The minimum Gasteiger partial charge on any atom is -0.330 e. The fourth-order valence-electron chi connectivity index (χ4n) is 3.09. The molecule has 1 heterocycles. The van der Waals surface area contributed by atoms with Gasteiger partial charge in [-0.05, 0) is 44.1 Å². The average Bonchev–Trinajstić information content (AvgIpc) is 3.12. The first-order valence-electron chi connectivity index (χ1n) is 7.54. The van der Waals surface area contributed by atoms with Gasteiger partial charge in [-0.2, -0.15) is 0 Å². The van der Waals surface area contributed by atoms with Crippen molar-refractivity contribution in [3.05, 3.63) is 18.2 Å². The molecule has 1 aromatic heterocycles. The van der Waals surface area contributed by atoms with Gasteiger partial charge in [0.25, 0.3) is 0 Å². The van der Waals surface area contributed by atoms with Crippen LogP contribution in [0.2, 0.25) is 0 Å². The largest absolute Gasteiger partial charge is 0.330 e. The molecule has 1 N–H and O–H groups in total. The molecule has 0 aliphatic heterocycles. The Morgan fingerprint density at radius 2 is 2.00 bits per heavy atom. The molecule has 2 fully saturated rings. The van der Waals surface area contributed by atoms with Gasteiger partial charge in [0.1, 0.15) is 0 Å². The maximum absolute atomic E-state index is 4.28. The zero-order valence-electron chi connectivity index (χ0n) is 11.4. The SMILES string of the molecule is CC1CCC(CNCc2cncn2C2CC2)CC1. The smallest absolute Gasteiger partial charge is 0.0951 e. The Hall–Kier alpha value is -0.830. The molecule has 2 aliphatic rings. The van der Waals surface area contributed by atoms with Crippen LogP contribution in [-0.2, 0) is 6.54 Å². The number of rotatable bonds is 5. The van der Waals surface area contributed by atoms with E-state index >= 15 is 0 Å². The Balaban J connectivity index is 1.42. The fourth-order valence-corrected chi connectivity index (χ4v) is 3.09. The third kappa shape index (κ3) is 2.94. The van der Waals surface area contributed by atoms with Gasteiger partial charge in [-0.1, -0.05) is 19.8 Å². The van der Waals surface area contributed by atoms with Crippen LogP contribution >= 0.6 is 0 Å². The molecule has 0 atom stereocenters. The molecule has 0 amide bonds. The van der Waals surface area contributed by atoms with Crippen LogP contribution in [0.15, 0.2) is 12.5 Å². The van der Waals surface area contributed by atoms with Crippen LogP contribution in [0, 0.1) is 11.8 Å². The lowest BCUT2D eigenvalue weighted by Crippen LogP contribution is -2.26. The third-order valence-electron chi connectivity index (χ3n) is 4.56. The third-order valence-corrected chi connectivity index (χ3v) is 4.56. The Kier molecular flexibility index (Phi) is 3.69. The Labute approximate surface area is 110 Å². The van der Waals surface area contributed by atoms with Crippen LogP contribution in [0.1, 0.15) is 57.2 Å². The van der Waals surface area contributed by atoms with Crippen molar-refractivity contribution in [3.8, 4) is 0 Å². The zero-order valence-corrected chi connectivity index (χ0v) is 11.4. The van der Waals surface area contributed by atoms with Crippen LogP contribution in [0.25, 0.3) is 0 Å². The van der Waals surface area contributed by atoms with E-state index in [1.807, 2.05) is 12.5 Å². The normalized spacial score (nSPS) is 28.5. The summed E-state index contributed by atoms with van der Waals surface area (Å²) in [5.74, 6) is 1.86. The van der Waals surface area contributed by atoms with E-state index in [1.54, 1.807) is 0 Å². The van der Waals surface area contributed by atoms with E-state index in [2.05, 4.69) is 21.8 Å². The molecule has 0 unspecified atom stereocenters. The number of aromatic nitrogens is 2. The number of nitrogens with zero attached hydrogens (tertiary/aromatic N) is 2. The molecule has 3 rings (SSSR count). The summed E-state index contributed by atoms with van der Waals surface area (Å²) < 4.78 is 2.36. The van der Waals surface area contributed by atoms with Gasteiger partial charge in [-0.3, -0.25) is 0 Å². The van der Waals surface area contributed by atoms with E-state index in [-0.39, 0.29) is 0 Å². The summed E-state index contributed by atoms with van der Waals surface area (Å²) in [6.45, 7) is 4.56. The van der Waals surface area contributed by atoms with Gasteiger partial charge in [0.05, 0.1) is 12.0 Å². The summed E-state index contributed by atoms with van der Waals surface area (Å²) in [7, 11) is 0. The quantitative estimate of drug-likeness (QED) is 0.866. The summed E-state index contributed by atoms with van der Waals surface area (Å²) in [4.78, 5) is 4.28. The zero-order chi connectivity index (χ0) is 12.4. The topological polar surface area (TPSA) is 29.9 Å². The Morgan fingerprint density at radius 3 is 2.72 bits per heavy atom. The monoisotopic (exact) mass is 247 g/mol. The summed E-state index contributed by atoms with van der Waals surface area (Å²) in [6.07, 6.45) is 12.4. The molecule has 18 heavy (non-hydrogen) atoms. The van der Waals surface area contributed by atoms with E-state index in [0.29, 0.717) is 0 Å². The van der Waals surface area contributed by atoms with Crippen molar-refractivity contribution in [2.45, 2.75) is 58.0 Å². The standard InChI is InChI=1S/C15H25N3/c1-12-2-4-13(5-3-12)8-16-9-15-10-17-11-18(15)14-6-7-14/h10-14,16H,2-9H2,1H3. The van der Waals surface area contributed by atoms with Crippen molar-refractivity contribution in [2.75, 3.05) is 6.54 Å². The van der Waals surface area contributed by atoms with Gasteiger partial charge < -0.3 is 9.88 Å². The molecular formula is C15H25N3. The van der Waals surface area contributed by atoms with Crippen molar-refractivity contribution in [1.29, 1.82) is 0 Å². The van der Waals surface area contributed by atoms with E-state index < -0.39 is 0 Å². The van der Waals surface area contributed by atoms with Crippen LogP contribution in [0.3, 0.4) is 0 Å². The molecule has 1 aromatic rings. The lowest BCUT2D eigenvalue weighted by Gasteiger charge is -2.26. The predicted octanol–water partition coefficient (Wildman–Crippen LogP) is 3.13. The van der Waals surface area contributed by atoms with Gasteiger partial charge in [0.15, 0.2) is 0 Å². The second kappa shape index (κ2) is 5.43. The van der Waals surface area contributed by atoms with E-state index in [1.165, 1.54) is 50.8 Å². The summed E-state index contributed by atoms with van der Waals surface area (Å²) in [5.41, 5.74) is 1.36. The molecular weight excluding hydrogens is 222 g/mol. The van der Waals surface area contributed by atoms with Crippen LogP contribution < -0.4 is 5.32 Å². The van der Waals surface area contributed by atoms with E-state index in [0.717, 1.165) is 24.4 Å². The average molecular weight is 247 g/mol. The van der Waals surface area contributed by atoms with Gasteiger partial charge in [0.2, 0.25) is 0 Å². The minimum atomic E-state index is 0.750. The molecule has 0 bridgehead atoms. The minimum absolute atomic E-state index is 0.750. The highest BCUT2D eigenvalue weighted by Crippen LogP contribution is 2.35. The molecule has 2 saturated carbocycles. The van der Waals surface area contributed by atoms with Crippen molar-refractivity contribution < 1.29 is 0 Å².